The summed E-state index contributed by atoms with van der Waals surface area (Å²) in [4.78, 5) is 41.7. The number of rotatable bonds is 18. The molecule has 0 fully saturated rings. The van der Waals surface area contributed by atoms with Crippen LogP contribution in [0.4, 0.5) is 0 Å². The van der Waals surface area contributed by atoms with E-state index in [-0.39, 0.29) is 19.6 Å². The third kappa shape index (κ3) is 9.95. The predicted octanol–water partition coefficient (Wildman–Crippen LogP) is 10.2. The van der Waals surface area contributed by atoms with Gasteiger partial charge >= 0.3 is 17.9 Å². The van der Waals surface area contributed by atoms with E-state index in [2.05, 4.69) is 0 Å². The minimum atomic E-state index is -1.19. The normalized spacial score (nSPS) is 12.8. The lowest BCUT2D eigenvalue weighted by Crippen LogP contribution is -2.42. The molecule has 8 nitrogen and oxygen atoms in total. The molecular weight excluding hydrogens is 765 g/mol. The molecule has 0 aliphatic heterocycles. The van der Waals surface area contributed by atoms with Gasteiger partial charge in [-0.3, -0.25) is 4.79 Å². The van der Waals surface area contributed by atoms with Crippen molar-refractivity contribution >= 4 is 28.7 Å². The average Bonchev–Trinajstić information content (AvgIpc) is 3.32. The molecule has 7 rings (SSSR count). The zero-order chi connectivity index (χ0) is 42.4. The Morgan fingerprint density at radius 1 is 0.590 bits per heavy atom. The number of esters is 3. The van der Waals surface area contributed by atoms with Crippen molar-refractivity contribution in [2.45, 2.75) is 37.3 Å². The number of aryl methyl sites for hydroxylation is 1. The van der Waals surface area contributed by atoms with Gasteiger partial charge in [-0.25, -0.2) is 9.59 Å². The Hall–Kier alpha value is -6.87. The molecule has 0 N–H and O–H groups in total. The Morgan fingerprint density at radius 3 is 1.70 bits per heavy atom. The molecule has 0 heterocycles. The molecule has 0 radical (unpaired) electrons. The van der Waals surface area contributed by atoms with Gasteiger partial charge in [0.15, 0.2) is 6.10 Å². The lowest BCUT2D eigenvalue weighted by Gasteiger charge is -2.38. The van der Waals surface area contributed by atoms with E-state index in [1.807, 2.05) is 164 Å². The highest BCUT2D eigenvalue weighted by Gasteiger charge is 2.42. The summed E-state index contributed by atoms with van der Waals surface area (Å²) in [6, 6.07) is 59.4. The topological polar surface area (TPSA) is 97.4 Å². The molecule has 0 aliphatic rings. The second kappa shape index (κ2) is 20.4. The monoisotopic (exact) mass is 812 g/mol. The van der Waals surface area contributed by atoms with Gasteiger partial charge in [-0.1, -0.05) is 176 Å². The van der Waals surface area contributed by atoms with Crippen LogP contribution < -0.4 is 0 Å². The summed E-state index contributed by atoms with van der Waals surface area (Å²) >= 11 is 0. The number of benzene rings is 7. The van der Waals surface area contributed by atoms with E-state index in [1.165, 1.54) is 14.2 Å². The van der Waals surface area contributed by atoms with Crippen molar-refractivity contribution in [2.24, 2.45) is 5.92 Å². The number of ether oxygens (including phenoxy) is 5. The molecule has 7 aromatic rings. The molecule has 3 atom stereocenters. The van der Waals surface area contributed by atoms with Crippen molar-refractivity contribution in [1.82, 2.24) is 0 Å². The Kier molecular flexibility index (Phi) is 14.1. The smallest absolute Gasteiger partial charge is 0.340 e. The van der Waals surface area contributed by atoms with E-state index in [1.54, 1.807) is 24.3 Å². The highest BCUT2D eigenvalue weighted by Crippen LogP contribution is 2.41. The average molecular weight is 813 g/mol. The van der Waals surface area contributed by atoms with Gasteiger partial charge in [0.25, 0.3) is 0 Å². The number of hydrogen-bond acceptors (Lipinski definition) is 8. The van der Waals surface area contributed by atoms with Crippen molar-refractivity contribution in [1.29, 1.82) is 0 Å². The lowest BCUT2D eigenvalue weighted by atomic mass is 9.80. The first kappa shape index (κ1) is 42.3. The summed E-state index contributed by atoms with van der Waals surface area (Å²) in [6.07, 6.45) is -1.56. The van der Waals surface area contributed by atoms with Gasteiger partial charge in [0, 0.05) is 7.11 Å². The maximum Gasteiger partial charge on any atom is 0.340 e. The molecule has 7 aromatic carbocycles. The van der Waals surface area contributed by atoms with E-state index in [0.29, 0.717) is 17.5 Å². The van der Waals surface area contributed by atoms with Crippen LogP contribution in [-0.2, 0) is 51.9 Å². The highest BCUT2D eigenvalue weighted by molar-refractivity contribution is 5.96. The van der Waals surface area contributed by atoms with Crippen LogP contribution in [0.5, 0.6) is 0 Å². The number of hydrogen-bond donors (Lipinski definition) is 0. The van der Waals surface area contributed by atoms with E-state index in [4.69, 9.17) is 23.7 Å². The van der Waals surface area contributed by atoms with E-state index in [0.717, 1.165) is 38.6 Å². The van der Waals surface area contributed by atoms with Gasteiger partial charge in [-0.05, 0) is 69.1 Å². The fraction of sp³-hybridized carbons (Fsp3) is 0.189. The molecule has 0 amide bonds. The zero-order valence-electron chi connectivity index (χ0n) is 34.2. The van der Waals surface area contributed by atoms with E-state index >= 15 is 0 Å². The molecule has 0 saturated carbocycles. The summed E-state index contributed by atoms with van der Waals surface area (Å²) < 4.78 is 30.6. The Bertz CT molecular complexity index is 2400. The number of methoxy groups -OCH3 is 2. The number of carbonyl (C=O) groups excluding carboxylic acids is 3. The minimum absolute atomic E-state index is 0.00236. The van der Waals surface area contributed by atoms with Crippen LogP contribution in [0.2, 0.25) is 0 Å². The summed E-state index contributed by atoms with van der Waals surface area (Å²) in [7, 11) is 2.80. The second-order valence-electron chi connectivity index (χ2n) is 14.7. The van der Waals surface area contributed by atoms with Gasteiger partial charge < -0.3 is 23.7 Å². The molecule has 61 heavy (non-hydrogen) atoms. The first-order chi connectivity index (χ1) is 29.9. The highest BCUT2D eigenvalue weighted by atomic mass is 16.6. The molecule has 0 aromatic heterocycles. The quantitative estimate of drug-likeness (QED) is 0.0480. The summed E-state index contributed by atoms with van der Waals surface area (Å²) in [5.41, 5.74) is 4.06. The van der Waals surface area contributed by atoms with Gasteiger partial charge in [-0.15, -0.1) is 0 Å². The molecule has 0 aliphatic carbocycles. The summed E-state index contributed by atoms with van der Waals surface area (Å²) in [5.74, 6) is -2.82. The standard InChI is InChI=1S/C53H48O8/c1-57-49(41-21-10-4-11-22-41)52(56)61-48(34-33-40-24-18-23-39-31-32-42(35-46(39)40)50(54)58-2)47(51(55)59-36-38-19-8-3-9-20-38)37-60-53(43-25-12-5-13-26-43,44-27-14-6-15-28-44)45-29-16-7-17-30-45/h3-32,35,47-49H,33-34,36-37H2,1-2H3/t47-,48+,49-/m0/s1. The van der Waals surface area contributed by atoms with Crippen molar-refractivity contribution in [3.63, 3.8) is 0 Å². The first-order valence-corrected chi connectivity index (χ1v) is 20.3. The Labute approximate surface area is 356 Å². The van der Waals surface area contributed by atoms with Crippen LogP contribution >= 0.6 is 0 Å². The van der Waals surface area contributed by atoms with Gasteiger partial charge in [0.1, 0.15) is 24.2 Å². The largest absolute Gasteiger partial charge is 0.465 e. The number of fused-ring (bicyclic) bond motifs is 1. The zero-order valence-corrected chi connectivity index (χ0v) is 34.2. The van der Waals surface area contributed by atoms with Gasteiger partial charge in [0.2, 0.25) is 0 Å². The van der Waals surface area contributed by atoms with Crippen molar-refractivity contribution in [3.8, 4) is 0 Å². The lowest BCUT2D eigenvalue weighted by molar-refractivity contribution is -0.175. The predicted molar refractivity (Wildman–Crippen MR) is 235 cm³/mol. The molecule has 0 saturated heterocycles. The van der Waals surface area contributed by atoms with E-state index in [9.17, 15) is 14.4 Å². The Balaban J connectivity index is 1.32. The van der Waals surface area contributed by atoms with Crippen LogP contribution in [0.15, 0.2) is 188 Å². The molecule has 0 spiro atoms. The maximum absolute atomic E-state index is 14.8. The van der Waals surface area contributed by atoms with E-state index < -0.39 is 41.6 Å². The summed E-state index contributed by atoms with van der Waals surface area (Å²) in [6.45, 7) is -0.197. The fourth-order valence-electron chi connectivity index (χ4n) is 7.79. The fourth-order valence-corrected chi connectivity index (χ4v) is 7.79. The third-order valence-electron chi connectivity index (χ3n) is 10.9. The first-order valence-electron chi connectivity index (χ1n) is 20.3. The number of carbonyl (C=O) groups is 3. The second-order valence-corrected chi connectivity index (χ2v) is 14.7. The molecule has 0 bridgehead atoms. The van der Waals surface area contributed by atoms with Crippen molar-refractivity contribution in [2.75, 3.05) is 20.8 Å². The van der Waals surface area contributed by atoms with Crippen molar-refractivity contribution in [3.05, 3.63) is 227 Å². The SMILES string of the molecule is COC(=O)c1ccc2cccc(CC[C@@H](OC(=O)[C@@H](OC)c3ccccc3)[C@H](COC(c3ccccc3)(c3ccccc3)c3ccccc3)C(=O)OCc3ccccc3)c2c1. The van der Waals surface area contributed by atoms with Crippen LogP contribution in [0.25, 0.3) is 10.8 Å². The van der Waals surface area contributed by atoms with Crippen LogP contribution in [0, 0.1) is 5.92 Å². The summed E-state index contributed by atoms with van der Waals surface area (Å²) in [5, 5.41) is 1.76. The Morgan fingerprint density at radius 2 is 1.15 bits per heavy atom. The van der Waals surface area contributed by atoms with Gasteiger partial charge in [0.05, 0.1) is 19.3 Å². The molecule has 0 unspecified atom stereocenters. The van der Waals surface area contributed by atoms with Gasteiger partial charge in [-0.2, -0.15) is 0 Å². The molecule has 308 valence electrons. The van der Waals surface area contributed by atoms with Crippen molar-refractivity contribution < 1.29 is 38.1 Å². The molecule has 8 heteroatoms. The maximum atomic E-state index is 14.8. The van der Waals surface area contributed by atoms with Crippen LogP contribution in [-0.4, -0.2) is 44.8 Å². The molecular formula is C53H48O8. The van der Waals surface area contributed by atoms with Crippen LogP contribution in [0.3, 0.4) is 0 Å². The van der Waals surface area contributed by atoms with Crippen LogP contribution in [0.1, 0.15) is 56.3 Å². The third-order valence-corrected chi connectivity index (χ3v) is 10.9. The minimum Gasteiger partial charge on any atom is -0.465 e.